The molecule has 0 unspecified atom stereocenters. The summed E-state index contributed by atoms with van der Waals surface area (Å²) in [5, 5.41) is 3.22. The minimum absolute atomic E-state index is 0.827. The van der Waals surface area contributed by atoms with Crippen LogP contribution in [0.2, 0.25) is 0 Å². The lowest BCUT2D eigenvalue weighted by atomic mass is 10.1. The molecule has 0 amide bonds. The fraction of sp³-hybridized carbons (Fsp3) is 0.857. The zero-order valence-electron chi connectivity index (χ0n) is 11.3. The lowest BCUT2D eigenvalue weighted by molar-refractivity contribution is 0.125. The molecule has 0 heterocycles. The summed E-state index contributed by atoms with van der Waals surface area (Å²) < 4.78 is 5.57. The Hall–Kier alpha value is -0.500. The minimum Gasteiger partial charge on any atom is -0.389 e. The highest BCUT2D eigenvalue weighted by atomic mass is 16.5. The molecule has 0 fully saturated rings. The van der Waals surface area contributed by atoms with Crippen LogP contribution in [0.3, 0.4) is 0 Å². The number of hydrogen-bond donors (Lipinski definition) is 1. The van der Waals surface area contributed by atoms with Crippen LogP contribution in [0.5, 0.6) is 0 Å². The molecule has 0 aliphatic rings. The monoisotopic (exact) mass is 227 g/mol. The highest BCUT2D eigenvalue weighted by molar-refractivity contribution is 4.83. The first-order valence-corrected chi connectivity index (χ1v) is 6.60. The third-order valence-corrected chi connectivity index (χ3v) is 2.46. The van der Waals surface area contributed by atoms with E-state index in [1.807, 2.05) is 6.92 Å². The molecule has 96 valence electrons. The van der Waals surface area contributed by atoms with E-state index in [1.54, 1.807) is 0 Å². The highest BCUT2D eigenvalue weighted by Gasteiger charge is 1.94. The van der Waals surface area contributed by atoms with Crippen molar-refractivity contribution in [3.8, 4) is 0 Å². The van der Waals surface area contributed by atoms with E-state index in [1.165, 1.54) is 25.7 Å². The molecule has 0 radical (unpaired) electrons. The first-order valence-electron chi connectivity index (χ1n) is 6.60. The van der Waals surface area contributed by atoms with Crippen molar-refractivity contribution in [1.82, 2.24) is 5.32 Å². The highest BCUT2D eigenvalue weighted by Crippen LogP contribution is 2.06. The van der Waals surface area contributed by atoms with Gasteiger partial charge in [0.1, 0.15) is 0 Å². The topological polar surface area (TPSA) is 21.3 Å². The molecule has 2 heteroatoms. The van der Waals surface area contributed by atoms with Crippen molar-refractivity contribution in [3.05, 3.63) is 12.3 Å². The van der Waals surface area contributed by atoms with Gasteiger partial charge in [0.25, 0.3) is 0 Å². The summed E-state index contributed by atoms with van der Waals surface area (Å²) in [4.78, 5) is 0. The molecule has 0 aromatic carbocycles. The minimum atomic E-state index is 0.827. The van der Waals surface area contributed by atoms with Gasteiger partial charge in [0, 0.05) is 25.5 Å². The van der Waals surface area contributed by atoms with Crippen molar-refractivity contribution < 1.29 is 4.74 Å². The number of allylic oxidation sites excluding steroid dienone is 1. The molecule has 0 bridgehead atoms. The normalized spacial score (nSPS) is 10.8. The zero-order valence-corrected chi connectivity index (χ0v) is 11.3. The smallest absolute Gasteiger partial charge is 0.0466 e. The van der Waals surface area contributed by atoms with Crippen LogP contribution in [0.1, 0.15) is 52.9 Å². The number of unbranched alkanes of at least 4 members (excludes halogenated alkanes) is 2. The van der Waals surface area contributed by atoms with Crippen LogP contribution < -0.4 is 5.32 Å². The quantitative estimate of drug-likeness (QED) is 0.543. The second-order valence-corrected chi connectivity index (χ2v) is 4.92. The molecule has 0 rings (SSSR count). The average molecular weight is 227 g/mol. The van der Waals surface area contributed by atoms with Crippen LogP contribution in [0.25, 0.3) is 0 Å². The van der Waals surface area contributed by atoms with Gasteiger partial charge < -0.3 is 10.1 Å². The van der Waals surface area contributed by atoms with Crippen molar-refractivity contribution in [1.29, 1.82) is 0 Å². The van der Waals surface area contributed by atoms with Gasteiger partial charge in [-0.05, 0) is 32.1 Å². The SMILES string of the molecule is C=C(C)NCCCCOCCCCC(C)C. The van der Waals surface area contributed by atoms with Gasteiger partial charge >= 0.3 is 0 Å². The van der Waals surface area contributed by atoms with E-state index in [-0.39, 0.29) is 0 Å². The van der Waals surface area contributed by atoms with Gasteiger partial charge in [-0.25, -0.2) is 0 Å². The van der Waals surface area contributed by atoms with Crippen LogP contribution in [0.15, 0.2) is 12.3 Å². The van der Waals surface area contributed by atoms with Crippen molar-refractivity contribution in [2.75, 3.05) is 19.8 Å². The maximum Gasteiger partial charge on any atom is 0.0466 e. The molecule has 2 nitrogen and oxygen atoms in total. The third kappa shape index (κ3) is 13.5. The Labute approximate surface area is 101 Å². The largest absolute Gasteiger partial charge is 0.389 e. The van der Waals surface area contributed by atoms with Gasteiger partial charge in [-0.15, -0.1) is 0 Å². The molecule has 1 N–H and O–H groups in total. The fourth-order valence-corrected chi connectivity index (χ4v) is 1.49. The maximum absolute atomic E-state index is 5.57. The number of hydrogen-bond acceptors (Lipinski definition) is 2. The predicted octanol–water partition coefficient (Wildman–Crippen LogP) is 3.73. The fourth-order valence-electron chi connectivity index (χ4n) is 1.49. The van der Waals surface area contributed by atoms with Crippen LogP contribution in [0.4, 0.5) is 0 Å². The lowest BCUT2D eigenvalue weighted by Crippen LogP contribution is -2.12. The molecule has 0 aliphatic carbocycles. The van der Waals surface area contributed by atoms with E-state index >= 15 is 0 Å². The van der Waals surface area contributed by atoms with Crippen LogP contribution in [-0.2, 0) is 4.74 Å². The Kier molecular flexibility index (Phi) is 10.7. The second kappa shape index (κ2) is 11.0. The van der Waals surface area contributed by atoms with E-state index in [0.29, 0.717) is 0 Å². The summed E-state index contributed by atoms with van der Waals surface area (Å²) in [7, 11) is 0. The van der Waals surface area contributed by atoms with E-state index < -0.39 is 0 Å². The number of rotatable bonds is 11. The number of nitrogens with one attached hydrogen (secondary N) is 1. The van der Waals surface area contributed by atoms with Crippen molar-refractivity contribution in [2.45, 2.75) is 52.9 Å². The Balaban J connectivity index is 2.96. The summed E-state index contributed by atoms with van der Waals surface area (Å²) in [5.41, 5.74) is 1.05. The molecule has 16 heavy (non-hydrogen) atoms. The average Bonchev–Trinajstić information content (AvgIpc) is 2.20. The summed E-state index contributed by atoms with van der Waals surface area (Å²) in [6, 6.07) is 0. The first-order chi connectivity index (χ1) is 7.63. The van der Waals surface area contributed by atoms with Crippen LogP contribution in [-0.4, -0.2) is 19.8 Å². The van der Waals surface area contributed by atoms with E-state index in [0.717, 1.165) is 37.8 Å². The van der Waals surface area contributed by atoms with Crippen molar-refractivity contribution >= 4 is 0 Å². The van der Waals surface area contributed by atoms with Gasteiger partial charge in [0.15, 0.2) is 0 Å². The van der Waals surface area contributed by atoms with Crippen molar-refractivity contribution in [2.24, 2.45) is 5.92 Å². The Morgan fingerprint density at radius 1 is 1.12 bits per heavy atom. The van der Waals surface area contributed by atoms with E-state index in [2.05, 4.69) is 25.7 Å². The Morgan fingerprint density at radius 3 is 2.31 bits per heavy atom. The summed E-state index contributed by atoms with van der Waals surface area (Å²) in [6.45, 7) is 13.2. The Morgan fingerprint density at radius 2 is 1.75 bits per heavy atom. The molecular weight excluding hydrogens is 198 g/mol. The van der Waals surface area contributed by atoms with Gasteiger partial charge in [0.2, 0.25) is 0 Å². The summed E-state index contributed by atoms with van der Waals surface area (Å²) in [6.07, 6.45) is 6.15. The molecule has 0 aromatic heterocycles. The molecule has 0 aromatic rings. The molecule has 0 aliphatic heterocycles. The predicted molar refractivity (Wildman–Crippen MR) is 71.6 cm³/mol. The molecule has 0 saturated heterocycles. The summed E-state index contributed by atoms with van der Waals surface area (Å²) in [5.74, 6) is 0.827. The van der Waals surface area contributed by atoms with Gasteiger partial charge in [0.05, 0.1) is 0 Å². The summed E-state index contributed by atoms with van der Waals surface area (Å²) >= 11 is 0. The molecule has 0 saturated carbocycles. The van der Waals surface area contributed by atoms with E-state index in [9.17, 15) is 0 Å². The molecular formula is C14H29NO. The van der Waals surface area contributed by atoms with Crippen LogP contribution in [0, 0.1) is 5.92 Å². The number of ether oxygens (including phenoxy) is 1. The maximum atomic E-state index is 5.57. The third-order valence-electron chi connectivity index (χ3n) is 2.46. The Bertz CT molecular complexity index is 166. The zero-order chi connectivity index (χ0) is 12.2. The van der Waals surface area contributed by atoms with Crippen molar-refractivity contribution in [3.63, 3.8) is 0 Å². The second-order valence-electron chi connectivity index (χ2n) is 4.92. The molecule has 0 atom stereocenters. The van der Waals surface area contributed by atoms with Gasteiger partial charge in [-0.2, -0.15) is 0 Å². The molecule has 0 spiro atoms. The van der Waals surface area contributed by atoms with Gasteiger partial charge in [-0.1, -0.05) is 33.3 Å². The first kappa shape index (κ1) is 15.5. The lowest BCUT2D eigenvalue weighted by Gasteiger charge is -2.07. The van der Waals surface area contributed by atoms with E-state index in [4.69, 9.17) is 4.74 Å². The van der Waals surface area contributed by atoms with Gasteiger partial charge in [-0.3, -0.25) is 0 Å². The standard InChI is InChI=1S/C14H29NO/c1-13(2)9-5-7-11-16-12-8-6-10-15-14(3)4/h13,15H,3,5-12H2,1-2,4H3. The van der Waals surface area contributed by atoms with Crippen LogP contribution >= 0.6 is 0 Å².